The second-order valence-corrected chi connectivity index (χ2v) is 8.62. The second-order valence-electron chi connectivity index (χ2n) is 7.68. The average Bonchev–Trinajstić information content (AvgIpc) is 2.96. The lowest BCUT2D eigenvalue weighted by atomic mass is 9.69. The van der Waals surface area contributed by atoms with Crippen LogP contribution in [0, 0.1) is 0 Å². The molecule has 27 heavy (non-hydrogen) atoms. The van der Waals surface area contributed by atoms with E-state index in [1.807, 2.05) is 20.0 Å². The van der Waals surface area contributed by atoms with Gasteiger partial charge in [-0.05, 0) is 25.3 Å². The van der Waals surface area contributed by atoms with Gasteiger partial charge in [0.15, 0.2) is 5.16 Å². The number of hydrogen-bond acceptors (Lipinski definition) is 4. The monoisotopic (exact) mass is 380 g/mol. The van der Waals surface area contributed by atoms with Gasteiger partial charge in [-0.2, -0.15) is 0 Å². The Hall–Kier alpha value is -2.34. The van der Waals surface area contributed by atoms with E-state index in [0.29, 0.717) is 10.9 Å². The molecule has 1 aliphatic carbocycles. The first-order valence-electron chi connectivity index (χ1n) is 9.21. The molecule has 4 rings (SSSR count). The maximum atomic E-state index is 13.7. The molecule has 0 amide bonds. The Balaban J connectivity index is 2.06. The van der Waals surface area contributed by atoms with Crippen molar-refractivity contribution in [2.45, 2.75) is 44.2 Å². The van der Waals surface area contributed by atoms with Crippen LogP contribution in [0.3, 0.4) is 0 Å². The molecular formula is C21H24N4OS. The molecule has 0 N–H and O–H groups in total. The molecule has 2 aromatic heterocycles. The molecule has 1 aliphatic rings. The molecule has 5 nitrogen and oxygen atoms in total. The van der Waals surface area contributed by atoms with Crippen LogP contribution in [0.25, 0.3) is 17.0 Å². The van der Waals surface area contributed by atoms with E-state index < -0.39 is 0 Å². The van der Waals surface area contributed by atoms with E-state index >= 15 is 0 Å². The molecule has 2 heterocycles. The maximum absolute atomic E-state index is 13.7. The molecule has 0 aliphatic heterocycles. The largest absolute Gasteiger partial charge is 0.268 e. The highest BCUT2D eigenvalue weighted by Crippen LogP contribution is 2.42. The molecule has 0 unspecified atom stereocenters. The van der Waals surface area contributed by atoms with E-state index in [-0.39, 0.29) is 11.0 Å². The van der Waals surface area contributed by atoms with Gasteiger partial charge in [-0.1, -0.05) is 62.0 Å². The third kappa shape index (κ3) is 2.74. The Labute approximate surface area is 163 Å². The first kappa shape index (κ1) is 18.0. The minimum Gasteiger partial charge on any atom is -0.268 e. The van der Waals surface area contributed by atoms with Gasteiger partial charge in [0.1, 0.15) is 0 Å². The van der Waals surface area contributed by atoms with Gasteiger partial charge in [-0.15, -0.1) is 5.10 Å². The van der Waals surface area contributed by atoms with E-state index in [0.717, 1.165) is 41.0 Å². The molecular weight excluding hydrogens is 356 g/mol. The fourth-order valence-corrected chi connectivity index (χ4v) is 4.70. The summed E-state index contributed by atoms with van der Waals surface area (Å²) in [6.45, 7) is 10.3. The summed E-state index contributed by atoms with van der Waals surface area (Å²) in [5, 5.41) is 5.24. The summed E-state index contributed by atoms with van der Waals surface area (Å²) in [5.41, 5.74) is 4.76. The fraction of sp³-hybridized carbons (Fsp3) is 0.381. The summed E-state index contributed by atoms with van der Waals surface area (Å²) in [4.78, 5) is 18.6. The van der Waals surface area contributed by atoms with E-state index in [9.17, 15) is 4.79 Å². The fourth-order valence-electron chi connectivity index (χ4n) is 3.85. The summed E-state index contributed by atoms with van der Waals surface area (Å²) in [5.74, 6) is 1.31. The van der Waals surface area contributed by atoms with E-state index in [4.69, 9.17) is 4.98 Å². The van der Waals surface area contributed by atoms with Crippen LogP contribution in [0.1, 0.15) is 38.3 Å². The van der Waals surface area contributed by atoms with Gasteiger partial charge in [0.2, 0.25) is 5.78 Å². The Morgan fingerprint density at radius 3 is 2.81 bits per heavy atom. The smallest absolute Gasteiger partial charge is 0.265 e. The molecule has 3 aromatic rings. The van der Waals surface area contributed by atoms with Gasteiger partial charge in [-0.3, -0.25) is 4.79 Å². The Kier molecular flexibility index (Phi) is 4.26. The Morgan fingerprint density at radius 1 is 1.37 bits per heavy atom. The number of nitrogens with zero attached hydrogens (tertiary/aromatic N) is 4. The zero-order chi connectivity index (χ0) is 19.3. The maximum Gasteiger partial charge on any atom is 0.265 e. The van der Waals surface area contributed by atoms with Gasteiger partial charge < -0.3 is 0 Å². The number of aryl methyl sites for hydroxylation is 1. The van der Waals surface area contributed by atoms with Crippen LogP contribution < -0.4 is 5.56 Å². The van der Waals surface area contributed by atoms with Crippen LogP contribution >= 0.6 is 11.8 Å². The van der Waals surface area contributed by atoms with Gasteiger partial charge in [0, 0.05) is 23.8 Å². The molecule has 0 saturated carbocycles. The quantitative estimate of drug-likeness (QED) is 0.507. The normalized spacial score (nSPS) is 18.4. The van der Waals surface area contributed by atoms with Gasteiger partial charge in [0.25, 0.3) is 5.56 Å². The third-order valence-corrected chi connectivity index (χ3v) is 6.63. The molecule has 6 heteroatoms. The standard InChI is InChI=1S/C21H24N4OS/c1-6-21(4)11-14-9-7-8-10-15(14)17-16(21)18(26)25-19(22-17)24(5)23-20(25)27-12-13(2)3/h7-10H,2,6,11-12H2,1,3-5H3/t21-/m1/s1. The zero-order valence-electron chi connectivity index (χ0n) is 16.2. The summed E-state index contributed by atoms with van der Waals surface area (Å²) in [6.07, 6.45) is 1.73. The molecule has 0 saturated heterocycles. The van der Waals surface area contributed by atoms with Crippen LogP contribution in [0.5, 0.6) is 0 Å². The highest BCUT2D eigenvalue weighted by Gasteiger charge is 2.38. The zero-order valence-corrected chi connectivity index (χ0v) is 17.1. The third-order valence-electron chi connectivity index (χ3n) is 5.47. The molecule has 0 radical (unpaired) electrons. The van der Waals surface area contributed by atoms with Crippen molar-refractivity contribution in [2.75, 3.05) is 5.75 Å². The number of aromatic nitrogens is 4. The lowest BCUT2D eigenvalue weighted by molar-refractivity contribution is 0.439. The Morgan fingerprint density at radius 2 is 2.11 bits per heavy atom. The predicted octanol–water partition coefficient (Wildman–Crippen LogP) is 3.99. The molecule has 0 spiro atoms. The van der Waals surface area contributed by atoms with Crippen molar-refractivity contribution in [1.29, 1.82) is 0 Å². The second kappa shape index (κ2) is 6.37. The number of fused-ring (bicyclic) bond motifs is 4. The average molecular weight is 381 g/mol. The van der Waals surface area contributed by atoms with Crippen molar-refractivity contribution in [1.82, 2.24) is 19.2 Å². The summed E-state index contributed by atoms with van der Waals surface area (Å²) in [7, 11) is 1.84. The number of thioether (sulfide) groups is 1. The van der Waals surface area contributed by atoms with Gasteiger partial charge in [-0.25, -0.2) is 14.1 Å². The van der Waals surface area contributed by atoms with Gasteiger partial charge >= 0.3 is 0 Å². The number of rotatable bonds is 4. The van der Waals surface area contributed by atoms with Crippen molar-refractivity contribution < 1.29 is 0 Å². The van der Waals surface area contributed by atoms with Crippen molar-refractivity contribution in [3.8, 4) is 11.3 Å². The van der Waals surface area contributed by atoms with Crippen molar-refractivity contribution >= 4 is 17.5 Å². The predicted molar refractivity (Wildman–Crippen MR) is 111 cm³/mol. The van der Waals surface area contributed by atoms with Gasteiger partial charge in [0.05, 0.1) is 11.3 Å². The molecule has 140 valence electrons. The minimum atomic E-state index is -0.235. The van der Waals surface area contributed by atoms with E-state index in [1.54, 1.807) is 9.08 Å². The van der Waals surface area contributed by atoms with Crippen molar-refractivity contribution in [2.24, 2.45) is 7.05 Å². The highest BCUT2D eigenvalue weighted by atomic mass is 32.2. The number of benzene rings is 1. The van der Waals surface area contributed by atoms with E-state index in [2.05, 4.69) is 43.7 Å². The van der Waals surface area contributed by atoms with Crippen LogP contribution in [0.2, 0.25) is 0 Å². The topological polar surface area (TPSA) is 52.2 Å². The molecule has 1 aromatic carbocycles. The van der Waals surface area contributed by atoms with Crippen LogP contribution in [0.4, 0.5) is 0 Å². The highest BCUT2D eigenvalue weighted by molar-refractivity contribution is 7.99. The van der Waals surface area contributed by atoms with Crippen LogP contribution in [-0.2, 0) is 18.9 Å². The van der Waals surface area contributed by atoms with Crippen molar-refractivity contribution in [3.05, 3.63) is 57.9 Å². The summed E-state index contributed by atoms with van der Waals surface area (Å²) < 4.78 is 3.37. The van der Waals surface area contributed by atoms with E-state index in [1.165, 1.54) is 17.3 Å². The minimum absolute atomic E-state index is 0.00571. The Bertz CT molecular complexity index is 1130. The molecule has 1 atom stereocenters. The lowest BCUT2D eigenvalue weighted by Gasteiger charge is -2.34. The van der Waals surface area contributed by atoms with Crippen molar-refractivity contribution in [3.63, 3.8) is 0 Å². The van der Waals surface area contributed by atoms with Crippen LogP contribution in [0.15, 0.2) is 46.4 Å². The molecule has 0 fully saturated rings. The SMILES string of the molecule is C=C(C)CSc1nn(C)c2nc3c(c(=O)n12)[C@](C)(CC)Cc1ccccc1-3. The summed E-state index contributed by atoms with van der Waals surface area (Å²) >= 11 is 1.53. The number of hydrogen-bond donors (Lipinski definition) is 0. The molecule has 0 bridgehead atoms. The van der Waals surface area contributed by atoms with Crippen LogP contribution in [-0.4, -0.2) is 24.9 Å². The first-order chi connectivity index (χ1) is 12.9. The lowest BCUT2D eigenvalue weighted by Crippen LogP contribution is -2.37. The summed E-state index contributed by atoms with van der Waals surface area (Å²) in [6, 6.07) is 8.28. The first-order valence-corrected chi connectivity index (χ1v) is 10.2.